The number of carbonyl (C=O) groups is 1. The zero-order valence-electron chi connectivity index (χ0n) is 10.5. The van der Waals surface area contributed by atoms with Crippen molar-refractivity contribution in [2.75, 3.05) is 12.4 Å². The minimum absolute atomic E-state index is 0.0334. The molecule has 0 saturated heterocycles. The number of thiazole rings is 1. The van der Waals surface area contributed by atoms with Gasteiger partial charge in [0.15, 0.2) is 10.8 Å². The van der Waals surface area contributed by atoms with Crippen LogP contribution < -0.4 is 5.32 Å². The lowest BCUT2D eigenvalue weighted by molar-refractivity contribution is 0.0594. The number of aryl methyl sites for hydroxylation is 1. The second kappa shape index (κ2) is 5.84. The van der Waals surface area contributed by atoms with Gasteiger partial charge in [-0.15, -0.1) is 11.3 Å². The third kappa shape index (κ3) is 2.96. The molecule has 1 aromatic carbocycles. The Kier molecular flexibility index (Phi) is 4.34. The third-order valence-corrected chi connectivity index (χ3v) is 3.92. The van der Waals surface area contributed by atoms with Gasteiger partial charge in [-0.25, -0.2) is 18.6 Å². The molecule has 0 aliphatic carbocycles. The molecule has 0 spiro atoms. The van der Waals surface area contributed by atoms with Crippen LogP contribution in [-0.2, 0) is 4.74 Å². The highest BCUT2D eigenvalue weighted by molar-refractivity contribution is 9.10. The number of benzene rings is 1. The van der Waals surface area contributed by atoms with Crippen LogP contribution in [0.4, 0.5) is 19.6 Å². The summed E-state index contributed by atoms with van der Waals surface area (Å²) in [6.45, 7) is 1.69. The second-order valence-electron chi connectivity index (χ2n) is 3.79. The highest BCUT2D eigenvalue weighted by atomic mass is 79.9. The van der Waals surface area contributed by atoms with Crippen molar-refractivity contribution in [1.29, 1.82) is 0 Å². The lowest BCUT2D eigenvalue weighted by atomic mass is 10.3. The molecule has 0 aliphatic heterocycles. The first-order valence-electron chi connectivity index (χ1n) is 5.39. The Labute approximate surface area is 125 Å². The molecule has 0 saturated carbocycles. The van der Waals surface area contributed by atoms with Gasteiger partial charge in [0.25, 0.3) is 0 Å². The molecule has 20 heavy (non-hydrogen) atoms. The predicted octanol–water partition coefficient (Wildman–Crippen LogP) is 4.02. The number of hydrogen-bond donors (Lipinski definition) is 1. The van der Waals surface area contributed by atoms with E-state index in [9.17, 15) is 13.6 Å². The van der Waals surface area contributed by atoms with Gasteiger partial charge in [-0.05, 0) is 28.9 Å². The molecule has 0 amide bonds. The highest BCUT2D eigenvalue weighted by Crippen LogP contribution is 2.29. The number of hydrogen-bond acceptors (Lipinski definition) is 5. The van der Waals surface area contributed by atoms with Gasteiger partial charge in [0.1, 0.15) is 11.6 Å². The zero-order chi connectivity index (χ0) is 14.9. The van der Waals surface area contributed by atoms with Gasteiger partial charge in [0.2, 0.25) is 0 Å². The summed E-state index contributed by atoms with van der Waals surface area (Å²) < 4.78 is 31.7. The van der Waals surface area contributed by atoms with E-state index in [0.717, 1.165) is 23.5 Å². The average molecular weight is 363 g/mol. The van der Waals surface area contributed by atoms with Crippen LogP contribution in [0.25, 0.3) is 0 Å². The Hall–Kier alpha value is -1.54. The lowest BCUT2D eigenvalue weighted by Crippen LogP contribution is -2.03. The van der Waals surface area contributed by atoms with Crippen molar-refractivity contribution in [3.8, 4) is 0 Å². The van der Waals surface area contributed by atoms with Crippen molar-refractivity contribution >= 4 is 44.1 Å². The smallest absolute Gasteiger partial charge is 0.357 e. The number of carbonyl (C=O) groups excluding carboxylic acids is 1. The third-order valence-electron chi connectivity index (χ3n) is 2.43. The molecule has 8 heteroatoms. The first-order chi connectivity index (χ1) is 9.42. The summed E-state index contributed by atoms with van der Waals surface area (Å²) in [6, 6.07) is 2.02. The Bertz CT molecular complexity index is 676. The Morgan fingerprint density at radius 2 is 2.10 bits per heavy atom. The van der Waals surface area contributed by atoms with Crippen LogP contribution in [0.15, 0.2) is 16.6 Å². The zero-order valence-corrected chi connectivity index (χ0v) is 12.9. The van der Waals surface area contributed by atoms with Crippen molar-refractivity contribution in [3.63, 3.8) is 0 Å². The molecule has 1 aromatic heterocycles. The molecule has 0 radical (unpaired) electrons. The summed E-state index contributed by atoms with van der Waals surface area (Å²) in [6.07, 6.45) is 0. The van der Waals surface area contributed by atoms with Crippen LogP contribution in [0.3, 0.4) is 0 Å². The number of anilines is 2. The number of aromatic nitrogens is 1. The summed E-state index contributed by atoms with van der Waals surface area (Å²) in [5.41, 5.74) is 0.0915. The van der Waals surface area contributed by atoms with Crippen LogP contribution in [0.2, 0.25) is 0 Å². The van der Waals surface area contributed by atoms with E-state index in [0.29, 0.717) is 4.88 Å². The van der Waals surface area contributed by atoms with Crippen molar-refractivity contribution < 1.29 is 18.3 Å². The Balaban J connectivity index is 2.31. The van der Waals surface area contributed by atoms with Gasteiger partial charge in [-0.1, -0.05) is 0 Å². The fraction of sp³-hybridized carbons (Fsp3) is 0.167. The van der Waals surface area contributed by atoms with Crippen LogP contribution in [0.5, 0.6) is 0 Å². The number of esters is 1. The quantitative estimate of drug-likeness (QED) is 0.661. The normalized spacial score (nSPS) is 10.4. The summed E-state index contributed by atoms with van der Waals surface area (Å²) in [5.74, 6) is -1.81. The molecule has 0 bridgehead atoms. The van der Waals surface area contributed by atoms with Gasteiger partial charge < -0.3 is 10.1 Å². The number of methoxy groups -OCH3 is 1. The van der Waals surface area contributed by atoms with E-state index < -0.39 is 17.6 Å². The van der Waals surface area contributed by atoms with Crippen molar-refractivity contribution in [3.05, 3.63) is 38.8 Å². The topological polar surface area (TPSA) is 51.2 Å². The number of halogens is 3. The van der Waals surface area contributed by atoms with E-state index in [-0.39, 0.29) is 21.0 Å². The molecular weight excluding hydrogens is 354 g/mol. The van der Waals surface area contributed by atoms with Crippen LogP contribution in [-0.4, -0.2) is 18.1 Å². The summed E-state index contributed by atoms with van der Waals surface area (Å²) >= 11 is 4.04. The van der Waals surface area contributed by atoms with E-state index in [1.807, 2.05) is 0 Å². The predicted molar refractivity (Wildman–Crippen MR) is 75.5 cm³/mol. The minimum atomic E-state index is -0.634. The summed E-state index contributed by atoms with van der Waals surface area (Å²) in [5, 5.41) is 2.93. The average Bonchev–Trinajstić information content (AvgIpc) is 2.76. The molecule has 0 fully saturated rings. The molecule has 4 nitrogen and oxygen atoms in total. The SMILES string of the molecule is COC(=O)c1nc(Nc2cc(F)c(Br)cc2F)sc1C. The van der Waals surface area contributed by atoms with E-state index in [2.05, 4.69) is 31.0 Å². The molecule has 106 valence electrons. The maximum absolute atomic E-state index is 13.7. The van der Waals surface area contributed by atoms with Crippen LogP contribution in [0.1, 0.15) is 15.4 Å². The first kappa shape index (κ1) is 14.9. The Morgan fingerprint density at radius 3 is 2.75 bits per heavy atom. The first-order valence-corrected chi connectivity index (χ1v) is 7.00. The van der Waals surface area contributed by atoms with Crippen LogP contribution >= 0.6 is 27.3 Å². The summed E-state index contributed by atoms with van der Waals surface area (Å²) in [7, 11) is 1.25. The van der Waals surface area contributed by atoms with E-state index in [4.69, 9.17) is 0 Å². The van der Waals surface area contributed by atoms with Gasteiger partial charge in [-0.2, -0.15) is 0 Å². The lowest BCUT2D eigenvalue weighted by Gasteiger charge is -2.05. The standard InChI is InChI=1S/C12H9BrF2N2O2S/c1-5-10(11(18)19-2)17-12(20-5)16-9-4-7(14)6(13)3-8(9)15/h3-4H,1-2H3,(H,16,17). The van der Waals surface area contributed by atoms with Gasteiger partial charge in [0, 0.05) is 10.9 Å². The van der Waals surface area contributed by atoms with E-state index >= 15 is 0 Å². The van der Waals surface area contributed by atoms with Crippen molar-refractivity contribution in [2.45, 2.75) is 6.92 Å². The van der Waals surface area contributed by atoms with Gasteiger partial charge >= 0.3 is 5.97 Å². The minimum Gasteiger partial charge on any atom is -0.464 e. The molecule has 1 N–H and O–H groups in total. The fourth-order valence-corrected chi connectivity index (χ4v) is 2.60. The van der Waals surface area contributed by atoms with Gasteiger partial charge in [0.05, 0.1) is 17.3 Å². The number of rotatable bonds is 3. The van der Waals surface area contributed by atoms with Crippen LogP contribution in [0, 0.1) is 18.6 Å². The Morgan fingerprint density at radius 1 is 1.40 bits per heavy atom. The molecule has 0 atom stereocenters. The second-order valence-corrected chi connectivity index (χ2v) is 5.84. The number of nitrogens with one attached hydrogen (secondary N) is 1. The maximum atomic E-state index is 13.7. The molecule has 0 unspecified atom stereocenters. The molecule has 2 aromatic rings. The highest BCUT2D eigenvalue weighted by Gasteiger charge is 2.17. The number of nitrogens with zero attached hydrogens (tertiary/aromatic N) is 1. The van der Waals surface area contributed by atoms with E-state index in [1.54, 1.807) is 6.92 Å². The largest absolute Gasteiger partial charge is 0.464 e. The monoisotopic (exact) mass is 362 g/mol. The fourth-order valence-electron chi connectivity index (χ4n) is 1.47. The maximum Gasteiger partial charge on any atom is 0.357 e. The molecule has 2 rings (SSSR count). The van der Waals surface area contributed by atoms with Crippen molar-refractivity contribution in [1.82, 2.24) is 4.98 Å². The molecule has 0 aliphatic rings. The van der Waals surface area contributed by atoms with Gasteiger partial charge in [-0.3, -0.25) is 0 Å². The van der Waals surface area contributed by atoms with E-state index in [1.165, 1.54) is 7.11 Å². The number of ether oxygens (including phenoxy) is 1. The molecular formula is C12H9BrF2N2O2S. The summed E-state index contributed by atoms with van der Waals surface area (Å²) in [4.78, 5) is 16.0. The molecule has 1 heterocycles. The van der Waals surface area contributed by atoms with Crippen molar-refractivity contribution in [2.24, 2.45) is 0 Å².